The Labute approximate surface area is 123 Å². The van der Waals surface area contributed by atoms with Gasteiger partial charge in [-0.2, -0.15) is 5.10 Å². The normalized spacial score (nSPS) is 17.3. The van der Waals surface area contributed by atoms with E-state index in [0.29, 0.717) is 6.04 Å². The molecule has 0 unspecified atom stereocenters. The first kappa shape index (κ1) is 15.5. The molecule has 0 radical (unpaired) electrons. The molecule has 1 aromatic rings. The first-order valence-corrected chi connectivity index (χ1v) is 8.06. The Hall–Kier alpha value is -0.870. The van der Waals surface area contributed by atoms with E-state index in [1.165, 1.54) is 43.9 Å². The highest BCUT2D eigenvalue weighted by atomic mass is 15.3. The third kappa shape index (κ3) is 4.06. The summed E-state index contributed by atoms with van der Waals surface area (Å²) in [7, 11) is 2.07. The fraction of sp³-hybridized carbons (Fsp3) is 0.812. The Morgan fingerprint density at radius 3 is 2.65 bits per heavy atom. The van der Waals surface area contributed by atoms with Crippen molar-refractivity contribution >= 4 is 0 Å². The van der Waals surface area contributed by atoms with Crippen molar-refractivity contribution in [1.29, 1.82) is 0 Å². The summed E-state index contributed by atoms with van der Waals surface area (Å²) in [5.74, 6) is 0.845. The van der Waals surface area contributed by atoms with E-state index >= 15 is 0 Å². The van der Waals surface area contributed by atoms with E-state index in [0.717, 1.165) is 18.9 Å². The molecule has 20 heavy (non-hydrogen) atoms. The first-order valence-electron chi connectivity index (χ1n) is 8.06. The molecule has 0 aliphatic carbocycles. The van der Waals surface area contributed by atoms with Gasteiger partial charge >= 0.3 is 0 Å². The van der Waals surface area contributed by atoms with Gasteiger partial charge in [-0.3, -0.25) is 9.58 Å². The van der Waals surface area contributed by atoms with Crippen LogP contribution in [0.15, 0.2) is 6.07 Å². The average Bonchev–Trinajstić information content (AvgIpc) is 2.80. The van der Waals surface area contributed by atoms with Crippen LogP contribution in [0.2, 0.25) is 0 Å². The highest BCUT2D eigenvalue weighted by Crippen LogP contribution is 2.17. The molecular weight excluding hydrogens is 248 g/mol. The largest absolute Gasteiger partial charge is 0.317 e. The van der Waals surface area contributed by atoms with Crippen molar-refractivity contribution in [3.05, 3.63) is 17.5 Å². The van der Waals surface area contributed by atoms with Crippen LogP contribution in [0.1, 0.15) is 45.0 Å². The lowest BCUT2D eigenvalue weighted by Crippen LogP contribution is -2.39. The Bertz CT molecular complexity index is 405. The van der Waals surface area contributed by atoms with E-state index in [1.807, 2.05) is 0 Å². The highest BCUT2D eigenvalue weighted by molar-refractivity contribution is 5.10. The second-order valence-corrected chi connectivity index (χ2v) is 6.32. The molecular formula is C16H30N4. The number of hydrogen-bond acceptors (Lipinski definition) is 3. The van der Waals surface area contributed by atoms with E-state index < -0.39 is 0 Å². The standard InChI is InChI=1S/C16H30N4/c1-5-15-10-16(19(4)18-15)12-20(13(2)3)11-14-6-8-17-9-7-14/h10,13-14,17H,5-9,11-12H2,1-4H3. The lowest BCUT2D eigenvalue weighted by molar-refractivity contribution is 0.158. The van der Waals surface area contributed by atoms with E-state index in [4.69, 9.17) is 0 Å². The van der Waals surface area contributed by atoms with Crippen LogP contribution in [0.3, 0.4) is 0 Å². The maximum atomic E-state index is 4.57. The molecule has 0 saturated carbocycles. The van der Waals surface area contributed by atoms with Gasteiger partial charge in [-0.1, -0.05) is 6.92 Å². The fourth-order valence-electron chi connectivity index (χ4n) is 2.95. The zero-order valence-electron chi connectivity index (χ0n) is 13.5. The summed E-state index contributed by atoms with van der Waals surface area (Å²) < 4.78 is 2.05. The lowest BCUT2D eigenvalue weighted by Gasteiger charge is -2.32. The molecule has 0 atom stereocenters. The van der Waals surface area contributed by atoms with Gasteiger partial charge in [0.25, 0.3) is 0 Å². The monoisotopic (exact) mass is 278 g/mol. The van der Waals surface area contributed by atoms with Crippen molar-refractivity contribution in [3.8, 4) is 0 Å². The number of rotatable bonds is 6. The van der Waals surface area contributed by atoms with Gasteiger partial charge in [0.15, 0.2) is 0 Å². The predicted molar refractivity (Wildman–Crippen MR) is 83.7 cm³/mol. The molecule has 1 N–H and O–H groups in total. The second kappa shape index (κ2) is 7.23. The smallest absolute Gasteiger partial charge is 0.0625 e. The molecule has 1 fully saturated rings. The van der Waals surface area contributed by atoms with Crippen LogP contribution in [-0.2, 0) is 20.0 Å². The molecule has 1 saturated heterocycles. The van der Waals surface area contributed by atoms with Gasteiger partial charge in [-0.15, -0.1) is 0 Å². The van der Waals surface area contributed by atoms with E-state index in [-0.39, 0.29) is 0 Å². The average molecular weight is 278 g/mol. The Kier molecular flexibility index (Phi) is 5.61. The minimum atomic E-state index is 0.588. The molecule has 114 valence electrons. The van der Waals surface area contributed by atoms with Gasteiger partial charge in [0, 0.05) is 26.2 Å². The number of piperidine rings is 1. The Balaban J connectivity index is 1.98. The van der Waals surface area contributed by atoms with Crippen LogP contribution in [0.4, 0.5) is 0 Å². The fourth-order valence-corrected chi connectivity index (χ4v) is 2.95. The minimum Gasteiger partial charge on any atom is -0.317 e. The first-order chi connectivity index (χ1) is 9.60. The zero-order chi connectivity index (χ0) is 14.5. The van der Waals surface area contributed by atoms with Crippen molar-refractivity contribution in [1.82, 2.24) is 20.0 Å². The van der Waals surface area contributed by atoms with Crippen LogP contribution < -0.4 is 5.32 Å². The minimum absolute atomic E-state index is 0.588. The number of nitrogens with zero attached hydrogens (tertiary/aromatic N) is 3. The predicted octanol–water partition coefficient (Wildman–Crippen LogP) is 2.19. The van der Waals surface area contributed by atoms with Crippen molar-refractivity contribution in [2.75, 3.05) is 19.6 Å². The number of hydrogen-bond donors (Lipinski definition) is 1. The van der Waals surface area contributed by atoms with E-state index in [2.05, 4.69) is 53.9 Å². The summed E-state index contributed by atoms with van der Waals surface area (Å²) in [6, 6.07) is 2.85. The van der Waals surface area contributed by atoms with Crippen LogP contribution >= 0.6 is 0 Å². The Morgan fingerprint density at radius 2 is 2.10 bits per heavy atom. The number of nitrogens with one attached hydrogen (secondary N) is 1. The van der Waals surface area contributed by atoms with Gasteiger partial charge < -0.3 is 5.32 Å². The molecule has 4 heteroatoms. The van der Waals surface area contributed by atoms with Gasteiger partial charge in [-0.05, 0) is 58.2 Å². The van der Waals surface area contributed by atoms with Gasteiger partial charge in [0.2, 0.25) is 0 Å². The third-order valence-electron chi connectivity index (χ3n) is 4.44. The van der Waals surface area contributed by atoms with Gasteiger partial charge in [-0.25, -0.2) is 0 Å². The van der Waals surface area contributed by atoms with Crippen LogP contribution in [0.5, 0.6) is 0 Å². The summed E-state index contributed by atoms with van der Waals surface area (Å²) in [5, 5.41) is 8.02. The maximum Gasteiger partial charge on any atom is 0.0625 e. The van der Waals surface area contributed by atoms with Gasteiger partial charge in [0.1, 0.15) is 0 Å². The topological polar surface area (TPSA) is 33.1 Å². The van der Waals surface area contributed by atoms with Crippen LogP contribution in [0, 0.1) is 5.92 Å². The second-order valence-electron chi connectivity index (χ2n) is 6.32. The summed E-state index contributed by atoms with van der Waals surface area (Å²) in [6.07, 6.45) is 3.65. The highest BCUT2D eigenvalue weighted by Gasteiger charge is 2.20. The summed E-state index contributed by atoms with van der Waals surface area (Å²) in [4.78, 5) is 2.60. The molecule has 2 heterocycles. The summed E-state index contributed by atoms with van der Waals surface area (Å²) in [5.41, 5.74) is 2.54. The molecule has 0 amide bonds. The molecule has 0 aromatic carbocycles. The van der Waals surface area contributed by atoms with Crippen molar-refractivity contribution in [2.45, 2.75) is 52.6 Å². The lowest BCUT2D eigenvalue weighted by atomic mass is 9.97. The maximum absolute atomic E-state index is 4.57. The molecule has 2 rings (SSSR count). The van der Waals surface area contributed by atoms with Crippen molar-refractivity contribution in [3.63, 3.8) is 0 Å². The third-order valence-corrected chi connectivity index (χ3v) is 4.44. The molecule has 1 aliphatic rings. The molecule has 0 spiro atoms. The molecule has 0 bridgehead atoms. The van der Waals surface area contributed by atoms with Crippen LogP contribution in [-0.4, -0.2) is 40.4 Å². The number of aromatic nitrogens is 2. The summed E-state index contributed by atoms with van der Waals surface area (Å²) >= 11 is 0. The SMILES string of the molecule is CCc1cc(CN(CC2CCNCC2)C(C)C)n(C)n1. The molecule has 1 aliphatic heterocycles. The molecule has 1 aromatic heterocycles. The van der Waals surface area contributed by atoms with Gasteiger partial charge in [0.05, 0.1) is 11.4 Å². The van der Waals surface area contributed by atoms with E-state index in [1.54, 1.807) is 0 Å². The van der Waals surface area contributed by atoms with E-state index in [9.17, 15) is 0 Å². The quantitative estimate of drug-likeness (QED) is 0.866. The van der Waals surface area contributed by atoms with Crippen molar-refractivity contribution < 1.29 is 0 Å². The van der Waals surface area contributed by atoms with Crippen LogP contribution in [0.25, 0.3) is 0 Å². The molecule has 4 nitrogen and oxygen atoms in total. The summed E-state index contributed by atoms with van der Waals surface area (Å²) in [6.45, 7) is 11.4. The zero-order valence-corrected chi connectivity index (χ0v) is 13.5. The number of aryl methyl sites for hydroxylation is 2. The Morgan fingerprint density at radius 1 is 1.40 bits per heavy atom. The van der Waals surface area contributed by atoms with Crippen molar-refractivity contribution in [2.24, 2.45) is 13.0 Å².